The smallest absolute Gasteiger partial charge is 0.242 e. The van der Waals surface area contributed by atoms with Gasteiger partial charge < -0.3 is 15.5 Å². The van der Waals surface area contributed by atoms with Gasteiger partial charge in [0.1, 0.15) is 6.04 Å². The third-order valence-corrected chi connectivity index (χ3v) is 3.94. The van der Waals surface area contributed by atoms with Crippen LogP contribution in [0.4, 0.5) is 0 Å². The molecule has 0 radical (unpaired) electrons. The van der Waals surface area contributed by atoms with Gasteiger partial charge in [0.05, 0.1) is 0 Å². The second-order valence-electron chi connectivity index (χ2n) is 5.24. The maximum absolute atomic E-state index is 12.1. The lowest BCUT2D eigenvalue weighted by molar-refractivity contribution is -0.142. The Hall–Kier alpha value is -1.10. The zero-order chi connectivity index (χ0) is 13.0. The molecule has 0 bridgehead atoms. The molecule has 102 valence electrons. The Bertz CT molecular complexity index is 313. The molecule has 0 aliphatic carbocycles. The average Bonchev–Trinajstić information content (AvgIpc) is 2.40. The molecule has 2 amide bonds. The van der Waals surface area contributed by atoms with Gasteiger partial charge in [-0.15, -0.1) is 0 Å². The molecule has 0 aromatic rings. The normalized spacial score (nSPS) is 28.9. The summed E-state index contributed by atoms with van der Waals surface area (Å²) in [6.07, 6.45) is 5.12. The minimum absolute atomic E-state index is 0.0367. The fraction of sp³-hybridized carbons (Fsp3) is 0.846. The van der Waals surface area contributed by atoms with E-state index in [-0.39, 0.29) is 17.9 Å². The van der Waals surface area contributed by atoms with Crippen molar-refractivity contribution >= 4 is 11.8 Å². The summed E-state index contributed by atoms with van der Waals surface area (Å²) in [5.41, 5.74) is 0. The molecule has 0 aromatic carbocycles. The van der Waals surface area contributed by atoms with Crippen LogP contribution in [0.5, 0.6) is 0 Å². The number of nitrogens with one attached hydrogen (secondary N) is 2. The first-order valence-electron chi connectivity index (χ1n) is 6.99. The number of hydrogen-bond acceptors (Lipinski definition) is 3. The quantitative estimate of drug-likeness (QED) is 0.758. The zero-order valence-electron chi connectivity index (χ0n) is 11.1. The van der Waals surface area contributed by atoms with Crippen molar-refractivity contribution in [1.82, 2.24) is 15.5 Å². The molecule has 5 heteroatoms. The van der Waals surface area contributed by atoms with Gasteiger partial charge in [-0.05, 0) is 32.7 Å². The molecule has 2 aliphatic rings. The second-order valence-corrected chi connectivity index (χ2v) is 5.24. The highest BCUT2D eigenvalue weighted by Gasteiger charge is 2.29. The van der Waals surface area contributed by atoms with Crippen LogP contribution in [0.2, 0.25) is 0 Å². The molecular weight excluding hydrogens is 230 g/mol. The van der Waals surface area contributed by atoms with Crippen LogP contribution in [0.25, 0.3) is 0 Å². The van der Waals surface area contributed by atoms with Crippen molar-refractivity contribution in [2.45, 2.75) is 51.1 Å². The van der Waals surface area contributed by atoms with Crippen molar-refractivity contribution < 1.29 is 9.59 Å². The third-order valence-electron chi connectivity index (χ3n) is 3.94. The van der Waals surface area contributed by atoms with Crippen LogP contribution >= 0.6 is 0 Å². The van der Waals surface area contributed by atoms with Gasteiger partial charge in [-0.1, -0.05) is 6.42 Å². The summed E-state index contributed by atoms with van der Waals surface area (Å²) >= 11 is 0. The van der Waals surface area contributed by atoms with Crippen molar-refractivity contribution in [1.29, 1.82) is 0 Å². The molecule has 2 heterocycles. The molecule has 0 saturated carbocycles. The van der Waals surface area contributed by atoms with Crippen LogP contribution in [0.1, 0.15) is 39.0 Å². The van der Waals surface area contributed by atoms with E-state index in [0.29, 0.717) is 25.6 Å². The zero-order valence-corrected chi connectivity index (χ0v) is 11.1. The molecule has 2 rings (SSSR count). The van der Waals surface area contributed by atoms with E-state index in [9.17, 15) is 9.59 Å². The molecular formula is C13H23N3O2. The van der Waals surface area contributed by atoms with E-state index in [1.165, 1.54) is 19.3 Å². The Balaban J connectivity index is 1.78. The minimum Gasteiger partial charge on any atom is -0.353 e. The summed E-state index contributed by atoms with van der Waals surface area (Å²) in [6.45, 7) is 4.09. The fourth-order valence-corrected chi connectivity index (χ4v) is 2.73. The highest BCUT2D eigenvalue weighted by atomic mass is 16.2. The van der Waals surface area contributed by atoms with Crippen molar-refractivity contribution in [2.24, 2.45) is 0 Å². The molecule has 2 atom stereocenters. The number of hydrogen-bond donors (Lipinski definition) is 2. The van der Waals surface area contributed by atoms with Gasteiger partial charge in [-0.2, -0.15) is 0 Å². The SMILES string of the molecule is CC1C(=O)NCCN1C(=O)CCC1CCCCN1. The van der Waals surface area contributed by atoms with Gasteiger partial charge in [-0.3, -0.25) is 9.59 Å². The molecule has 2 aliphatic heterocycles. The molecule has 0 spiro atoms. The summed E-state index contributed by atoms with van der Waals surface area (Å²) in [5.74, 6) is 0.0788. The van der Waals surface area contributed by atoms with E-state index in [1.807, 2.05) is 0 Å². The van der Waals surface area contributed by atoms with Crippen LogP contribution in [0.15, 0.2) is 0 Å². The van der Waals surface area contributed by atoms with Gasteiger partial charge in [0, 0.05) is 25.6 Å². The largest absolute Gasteiger partial charge is 0.353 e. The number of piperazine rings is 1. The summed E-state index contributed by atoms with van der Waals surface area (Å²) in [6, 6.07) is 0.169. The molecule has 2 fully saturated rings. The lowest BCUT2D eigenvalue weighted by atomic mass is 10.00. The summed E-state index contributed by atoms with van der Waals surface area (Å²) in [5, 5.41) is 6.22. The van der Waals surface area contributed by atoms with E-state index < -0.39 is 0 Å². The highest BCUT2D eigenvalue weighted by Crippen LogP contribution is 2.14. The van der Waals surface area contributed by atoms with Crippen molar-refractivity contribution in [3.05, 3.63) is 0 Å². The number of carbonyl (C=O) groups excluding carboxylic acids is 2. The first kappa shape index (κ1) is 13.3. The van der Waals surface area contributed by atoms with Gasteiger partial charge in [-0.25, -0.2) is 0 Å². The monoisotopic (exact) mass is 253 g/mol. The topological polar surface area (TPSA) is 61.4 Å². The summed E-state index contributed by atoms with van der Waals surface area (Å²) in [7, 11) is 0. The van der Waals surface area contributed by atoms with Gasteiger partial charge in [0.15, 0.2) is 0 Å². The first-order chi connectivity index (χ1) is 8.68. The van der Waals surface area contributed by atoms with Crippen LogP contribution in [-0.4, -0.2) is 48.4 Å². The van der Waals surface area contributed by atoms with Gasteiger partial charge in [0.25, 0.3) is 0 Å². The number of rotatable bonds is 3. The van der Waals surface area contributed by atoms with E-state index in [0.717, 1.165) is 13.0 Å². The number of carbonyl (C=O) groups is 2. The average molecular weight is 253 g/mol. The Morgan fingerprint density at radius 3 is 2.94 bits per heavy atom. The maximum atomic E-state index is 12.1. The number of amides is 2. The van der Waals surface area contributed by atoms with E-state index in [4.69, 9.17) is 0 Å². The lowest BCUT2D eigenvalue weighted by Gasteiger charge is -2.33. The van der Waals surface area contributed by atoms with Crippen LogP contribution < -0.4 is 10.6 Å². The molecule has 2 unspecified atom stereocenters. The summed E-state index contributed by atoms with van der Waals surface area (Å²) < 4.78 is 0. The standard InChI is InChI=1S/C13H23N3O2/c1-10-13(18)15-8-9-16(10)12(17)6-5-11-4-2-3-7-14-11/h10-11,14H,2-9H2,1H3,(H,15,18). The lowest BCUT2D eigenvalue weighted by Crippen LogP contribution is -2.56. The third kappa shape index (κ3) is 3.22. The van der Waals surface area contributed by atoms with E-state index in [2.05, 4.69) is 10.6 Å². The Labute approximate surface area is 108 Å². The highest BCUT2D eigenvalue weighted by molar-refractivity contribution is 5.88. The second kappa shape index (κ2) is 6.18. The molecule has 2 saturated heterocycles. The molecule has 18 heavy (non-hydrogen) atoms. The molecule has 5 nitrogen and oxygen atoms in total. The Morgan fingerprint density at radius 2 is 2.22 bits per heavy atom. The molecule has 2 N–H and O–H groups in total. The van der Waals surface area contributed by atoms with Crippen molar-refractivity contribution in [3.63, 3.8) is 0 Å². The Morgan fingerprint density at radius 1 is 1.39 bits per heavy atom. The van der Waals surface area contributed by atoms with Crippen LogP contribution in [0, 0.1) is 0 Å². The van der Waals surface area contributed by atoms with Crippen LogP contribution in [-0.2, 0) is 9.59 Å². The predicted octanol–water partition coefficient (Wildman–Crippen LogP) is 0.256. The predicted molar refractivity (Wildman–Crippen MR) is 69.1 cm³/mol. The minimum atomic E-state index is -0.314. The number of piperidine rings is 1. The van der Waals surface area contributed by atoms with Gasteiger partial charge >= 0.3 is 0 Å². The summed E-state index contributed by atoms with van der Waals surface area (Å²) in [4.78, 5) is 25.3. The fourth-order valence-electron chi connectivity index (χ4n) is 2.73. The maximum Gasteiger partial charge on any atom is 0.242 e. The van der Waals surface area contributed by atoms with Crippen molar-refractivity contribution in [3.8, 4) is 0 Å². The molecule has 0 aromatic heterocycles. The van der Waals surface area contributed by atoms with Crippen molar-refractivity contribution in [2.75, 3.05) is 19.6 Å². The Kier molecular flexibility index (Phi) is 4.58. The van der Waals surface area contributed by atoms with E-state index >= 15 is 0 Å². The van der Waals surface area contributed by atoms with Crippen LogP contribution in [0.3, 0.4) is 0 Å². The number of nitrogens with zero attached hydrogens (tertiary/aromatic N) is 1. The van der Waals surface area contributed by atoms with Gasteiger partial charge in [0.2, 0.25) is 11.8 Å². The first-order valence-corrected chi connectivity index (χ1v) is 6.99. The van der Waals surface area contributed by atoms with E-state index in [1.54, 1.807) is 11.8 Å².